The number of nitrogens with zero attached hydrogens (tertiary/aromatic N) is 3. The highest BCUT2D eigenvalue weighted by molar-refractivity contribution is 5.90. The Balaban J connectivity index is 1.89. The number of halogens is 3. The lowest BCUT2D eigenvalue weighted by Gasteiger charge is -2.15. The molecule has 0 saturated heterocycles. The van der Waals surface area contributed by atoms with Gasteiger partial charge in [-0.15, -0.1) is 13.2 Å². The van der Waals surface area contributed by atoms with Crippen molar-refractivity contribution in [1.82, 2.24) is 14.8 Å². The van der Waals surface area contributed by atoms with E-state index in [0.717, 1.165) is 16.5 Å². The number of hydrogen-bond acceptors (Lipinski definition) is 3. The summed E-state index contributed by atoms with van der Waals surface area (Å²) in [6.45, 7) is 0. The molecule has 0 radical (unpaired) electrons. The number of benzene rings is 2. The van der Waals surface area contributed by atoms with Crippen LogP contribution in [0.2, 0.25) is 0 Å². The number of rotatable bonds is 3. The third kappa shape index (κ3) is 2.99. The smallest absolute Gasteiger partial charge is 0.405 e. The average Bonchev–Trinajstić information content (AvgIpc) is 3.09. The first-order valence-electron chi connectivity index (χ1n) is 7.75. The lowest BCUT2D eigenvalue weighted by Crippen LogP contribution is -2.17. The third-order valence-corrected chi connectivity index (χ3v) is 3.92. The van der Waals surface area contributed by atoms with Crippen LogP contribution < -0.4 is 4.74 Å². The molecule has 4 nitrogen and oxygen atoms in total. The second kappa shape index (κ2) is 6.18. The second-order valence-corrected chi connectivity index (χ2v) is 5.55. The normalized spacial score (nSPS) is 11.7. The van der Waals surface area contributed by atoms with Crippen LogP contribution in [0.25, 0.3) is 27.7 Å². The van der Waals surface area contributed by atoms with Crippen molar-refractivity contribution in [2.75, 3.05) is 0 Å². The minimum atomic E-state index is -4.77. The fourth-order valence-corrected chi connectivity index (χ4v) is 2.87. The van der Waals surface area contributed by atoms with Gasteiger partial charge < -0.3 is 4.74 Å². The molecule has 0 saturated carbocycles. The van der Waals surface area contributed by atoms with E-state index in [1.54, 1.807) is 35.3 Å². The van der Waals surface area contributed by atoms with E-state index in [4.69, 9.17) is 0 Å². The van der Waals surface area contributed by atoms with Gasteiger partial charge >= 0.3 is 6.36 Å². The number of pyridine rings is 1. The minimum absolute atomic E-state index is 0.278. The van der Waals surface area contributed by atoms with Gasteiger partial charge in [0.1, 0.15) is 5.75 Å². The number of aromatic nitrogens is 3. The van der Waals surface area contributed by atoms with E-state index in [-0.39, 0.29) is 5.75 Å². The summed E-state index contributed by atoms with van der Waals surface area (Å²) in [4.78, 5) is 4.14. The largest absolute Gasteiger partial charge is 0.573 e. The second-order valence-electron chi connectivity index (χ2n) is 5.55. The van der Waals surface area contributed by atoms with Crippen LogP contribution in [0, 0.1) is 0 Å². The summed E-state index contributed by atoms with van der Waals surface area (Å²) < 4.78 is 44.0. The Morgan fingerprint density at radius 3 is 2.58 bits per heavy atom. The molecule has 4 rings (SSSR count). The molecule has 130 valence electrons. The number of alkyl halides is 3. The molecule has 0 aliphatic rings. The van der Waals surface area contributed by atoms with Crippen molar-refractivity contribution in [3.8, 4) is 22.7 Å². The zero-order valence-corrected chi connectivity index (χ0v) is 13.3. The molecule has 2 aromatic heterocycles. The highest BCUT2D eigenvalue weighted by Crippen LogP contribution is 2.35. The highest BCUT2D eigenvalue weighted by atomic mass is 19.4. The first kappa shape index (κ1) is 16.1. The monoisotopic (exact) mass is 355 g/mol. The molecule has 0 amide bonds. The molecule has 0 N–H and O–H groups in total. The zero-order chi connectivity index (χ0) is 18.1. The van der Waals surface area contributed by atoms with E-state index in [1.165, 1.54) is 18.3 Å². The number of para-hydroxylation sites is 1. The Labute approximate surface area is 146 Å². The lowest BCUT2D eigenvalue weighted by atomic mass is 10.1. The van der Waals surface area contributed by atoms with Gasteiger partial charge in [0.25, 0.3) is 0 Å². The topological polar surface area (TPSA) is 39.9 Å². The molecular weight excluding hydrogens is 343 g/mol. The highest BCUT2D eigenvalue weighted by Gasteiger charge is 2.32. The Morgan fingerprint density at radius 2 is 1.73 bits per heavy atom. The molecule has 0 aliphatic heterocycles. The maximum absolute atomic E-state index is 12.7. The van der Waals surface area contributed by atoms with E-state index in [0.29, 0.717) is 11.3 Å². The SMILES string of the molecule is FC(F)(F)Oc1ccccc1-c1ccnn1-c1cccc2ccncc12. The minimum Gasteiger partial charge on any atom is -0.405 e. The molecule has 0 atom stereocenters. The molecule has 0 bridgehead atoms. The number of ether oxygens (including phenoxy) is 1. The van der Waals surface area contributed by atoms with E-state index in [2.05, 4.69) is 14.8 Å². The van der Waals surface area contributed by atoms with Crippen molar-refractivity contribution in [2.24, 2.45) is 0 Å². The van der Waals surface area contributed by atoms with Crippen LogP contribution >= 0.6 is 0 Å². The van der Waals surface area contributed by atoms with Crippen molar-refractivity contribution in [2.45, 2.75) is 6.36 Å². The van der Waals surface area contributed by atoms with Gasteiger partial charge in [0.2, 0.25) is 0 Å². The summed E-state index contributed by atoms with van der Waals surface area (Å²) in [5.41, 5.74) is 1.50. The lowest BCUT2D eigenvalue weighted by molar-refractivity contribution is -0.274. The van der Waals surface area contributed by atoms with Gasteiger partial charge in [0.15, 0.2) is 0 Å². The van der Waals surface area contributed by atoms with Gasteiger partial charge in [-0.2, -0.15) is 5.10 Å². The summed E-state index contributed by atoms with van der Waals surface area (Å²) >= 11 is 0. The van der Waals surface area contributed by atoms with Crippen LogP contribution in [-0.4, -0.2) is 21.1 Å². The van der Waals surface area contributed by atoms with Crippen LogP contribution in [0.4, 0.5) is 13.2 Å². The van der Waals surface area contributed by atoms with Crippen LogP contribution in [0.15, 0.2) is 73.2 Å². The first-order valence-corrected chi connectivity index (χ1v) is 7.75. The zero-order valence-electron chi connectivity index (χ0n) is 13.3. The molecule has 4 aromatic rings. The van der Waals surface area contributed by atoms with Crippen LogP contribution in [0.3, 0.4) is 0 Å². The van der Waals surface area contributed by atoms with Gasteiger partial charge in [-0.1, -0.05) is 24.3 Å². The van der Waals surface area contributed by atoms with Crippen molar-refractivity contribution in [3.63, 3.8) is 0 Å². The van der Waals surface area contributed by atoms with E-state index in [1.807, 2.05) is 24.3 Å². The first-order chi connectivity index (χ1) is 12.5. The molecular formula is C19H12F3N3O. The third-order valence-electron chi connectivity index (χ3n) is 3.92. The van der Waals surface area contributed by atoms with Crippen LogP contribution in [0.5, 0.6) is 5.75 Å². The summed E-state index contributed by atoms with van der Waals surface area (Å²) in [5.74, 6) is -0.278. The standard InChI is InChI=1S/C19H12F3N3O/c20-19(21,22)26-18-7-2-1-5-14(18)17-9-11-24-25(17)16-6-3-4-13-8-10-23-12-15(13)16/h1-12H. The van der Waals surface area contributed by atoms with Crippen molar-refractivity contribution in [3.05, 3.63) is 73.2 Å². The van der Waals surface area contributed by atoms with E-state index >= 15 is 0 Å². The maximum atomic E-state index is 12.7. The van der Waals surface area contributed by atoms with Crippen LogP contribution in [-0.2, 0) is 0 Å². The average molecular weight is 355 g/mol. The van der Waals surface area contributed by atoms with Gasteiger partial charge in [-0.25, -0.2) is 4.68 Å². The van der Waals surface area contributed by atoms with Crippen molar-refractivity contribution in [1.29, 1.82) is 0 Å². The molecule has 7 heteroatoms. The Bertz CT molecular complexity index is 1070. The van der Waals surface area contributed by atoms with E-state index < -0.39 is 6.36 Å². The van der Waals surface area contributed by atoms with Gasteiger partial charge in [0, 0.05) is 23.3 Å². The predicted octanol–water partition coefficient (Wildman–Crippen LogP) is 4.99. The fraction of sp³-hybridized carbons (Fsp3) is 0.0526. The molecule has 0 spiro atoms. The molecule has 26 heavy (non-hydrogen) atoms. The molecule has 0 unspecified atom stereocenters. The maximum Gasteiger partial charge on any atom is 0.573 e. The molecule has 0 aliphatic carbocycles. The van der Waals surface area contributed by atoms with Crippen molar-refractivity contribution < 1.29 is 17.9 Å². The molecule has 2 aromatic carbocycles. The van der Waals surface area contributed by atoms with Gasteiger partial charge in [-0.3, -0.25) is 4.98 Å². The van der Waals surface area contributed by atoms with Gasteiger partial charge in [-0.05, 0) is 35.7 Å². The Hall–Kier alpha value is -3.35. The van der Waals surface area contributed by atoms with Crippen molar-refractivity contribution >= 4 is 10.8 Å². The quantitative estimate of drug-likeness (QED) is 0.520. The number of hydrogen-bond donors (Lipinski definition) is 0. The summed E-state index contributed by atoms with van der Waals surface area (Å²) in [5, 5.41) is 6.10. The Morgan fingerprint density at radius 1 is 0.885 bits per heavy atom. The number of fused-ring (bicyclic) bond motifs is 1. The molecule has 2 heterocycles. The fourth-order valence-electron chi connectivity index (χ4n) is 2.87. The van der Waals surface area contributed by atoms with Gasteiger partial charge in [0.05, 0.1) is 17.6 Å². The van der Waals surface area contributed by atoms with E-state index in [9.17, 15) is 13.2 Å². The molecule has 0 fully saturated rings. The summed E-state index contributed by atoms with van der Waals surface area (Å²) in [6, 6.07) is 15.1. The summed E-state index contributed by atoms with van der Waals surface area (Å²) in [7, 11) is 0. The Kier molecular flexibility index (Phi) is 3.84. The van der Waals surface area contributed by atoms with Crippen LogP contribution in [0.1, 0.15) is 0 Å². The summed E-state index contributed by atoms with van der Waals surface area (Å²) in [6.07, 6.45) is 0.149. The predicted molar refractivity (Wildman–Crippen MR) is 91.0 cm³/mol.